The lowest BCUT2D eigenvalue weighted by molar-refractivity contribution is -0.0600. The van der Waals surface area contributed by atoms with Gasteiger partial charge in [-0.25, -0.2) is 8.42 Å². The first kappa shape index (κ1) is 19.3. The third-order valence-corrected chi connectivity index (χ3v) is 9.13. The summed E-state index contributed by atoms with van der Waals surface area (Å²) in [5.41, 5.74) is 2.43. The summed E-state index contributed by atoms with van der Waals surface area (Å²) < 4.78 is 34.2. The van der Waals surface area contributed by atoms with Gasteiger partial charge in [0, 0.05) is 18.5 Å². The first-order chi connectivity index (χ1) is 14.0. The standard InChI is InChI=1S/C24H29NO3S/c26-29(27,25-14-13-23(17-25)11-4-5-12-23)22-10-6-9-21(15-22)24(18-28-19-24)16-20-7-2-1-3-8-20/h1-3,6-10,15H,4-5,11-14,16-19H2. The molecular formula is C24H29NO3S. The van der Waals surface area contributed by atoms with Crippen LogP contribution in [0.3, 0.4) is 0 Å². The molecule has 0 amide bonds. The minimum Gasteiger partial charge on any atom is -0.379 e. The molecule has 1 aliphatic carbocycles. The van der Waals surface area contributed by atoms with Crippen LogP contribution in [0.15, 0.2) is 59.5 Å². The molecule has 29 heavy (non-hydrogen) atoms. The Balaban J connectivity index is 1.42. The minimum absolute atomic E-state index is 0.134. The molecule has 1 saturated carbocycles. The average molecular weight is 412 g/mol. The molecule has 1 spiro atoms. The molecule has 2 heterocycles. The van der Waals surface area contributed by atoms with Crippen molar-refractivity contribution in [3.8, 4) is 0 Å². The molecule has 2 aromatic rings. The molecule has 2 aliphatic heterocycles. The molecule has 0 N–H and O–H groups in total. The fourth-order valence-electron chi connectivity index (χ4n) is 5.47. The molecule has 5 rings (SSSR count). The lowest BCUT2D eigenvalue weighted by atomic mass is 9.74. The van der Waals surface area contributed by atoms with Gasteiger partial charge in [-0.2, -0.15) is 4.31 Å². The van der Waals surface area contributed by atoms with Crippen LogP contribution in [-0.2, 0) is 26.6 Å². The van der Waals surface area contributed by atoms with Crippen LogP contribution in [0.1, 0.15) is 43.2 Å². The van der Waals surface area contributed by atoms with Crippen molar-refractivity contribution in [3.63, 3.8) is 0 Å². The number of hydrogen-bond acceptors (Lipinski definition) is 3. The van der Waals surface area contributed by atoms with Crippen LogP contribution < -0.4 is 0 Å². The van der Waals surface area contributed by atoms with E-state index in [2.05, 4.69) is 30.3 Å². The highest BCUT2D eigenvalue weighted by Crippen LogP contribution is 2.46. The molecule has 0 bridgehead atoms. The zero-order valence-corrected chi connectivity index (χ0v) is 17.7. The van der Waals surface area contributed by atoms with Gasteiger partial charge >= 0.3 is 0 Å². The van der Waals surface area contributed by atoms with Gasteiger partial charge in [0.2, 0.25) is 10.0 Å². The summed E-state index contributed by atoms with van der Waals surface area (Å²) in [6, 6.07) is 18.0. The maximum atomic E-state index is 13.4. The number of rotatable bonds is 5. The summed E-state index contributed by atoms with van der Waals surface area (Å²) in [4.78, 5) is 0.435. The second kappa shape index (κ2) is 7.22. The lowest BCUT2D eigenvalue weighted by Gasteiger charge is -2.42. The second-order valence-corrected chi connectivity index (χ2v) is 11.2. The minimum atomic E-state index is -3.45. The summed E-state index contributed by atoms with van der Waals surface area (Å²) in [7, 11) is -3.45. The number of nitrogens with zero attached hydrogens (tertiary/aromatic N) is 1. The van der Waals surface area contributed by atoms with Crippen molar-refractivity contribution in [1.29, 1.82) is 0 Å². The number of ether oxygens (including phenoxy) is 1. The van der Waals surface area contributed by atoms with Crippen LogP contribution in [0.2, 0.25) is 0 Å². The Bertz CT molecular complexity index is 976. The Morgan fingerprint density at radius 3 is 2.38 bits per heavy atom. The third kappa shape index (κ3) is 3.43. The summed E-state index contributed by atoms with van der Waals surface area (Å²) in [5.74, 6) is 0. The highest BCUT2D eigenvalue weighted by Gasteiger charge is 2.45. The summed E-state index contributed by atoms with van der Waals surface area (Å²) >= 11 is 0. The second-order valence-electron chi connectivity index (χ2n) is 9.26. The molecule has 0 unspecified atom stereocenters. The maximum absolute atomic E-state index is 13.4. The van der Waals surface area contributed by atoms with Gasteiger partial charge in [-0.3, -0.25) is 0 Å². The number of benzene rings is 2. The third-order valence-electron chi connectivity index (χ3n) is 7.29. The Hall–Kier alpha value is -1.69. The van der Waals surface area contributed by atoms with Gasteiger partial charge in [0.1, 0.15) is 0 Å². The van der Waals surface area contributed by atoms with Gasteiger partial charge < -0.3 is 4.74 Å². The van der Waals surface area contributed by atoms with Gasteiger partial charge in [0.25, 0.3) is 0 Å². The van der Waals surface area contributed by atoms with Crippen LogP contribution in [0.5, 0.6) is 0 Å². The Morgan fingerprint density at radius 1 is 0.931 bits per heavy atom. The average Bonchev–Trinajstić information content (AvgIpc) is 3.36. The molecular weight excluding hydrogens is 382 g/mol. The molecule has 0 radical (unpaired) electrons. The highest BCUT2D eigenvalue weighted by molar-refractivity contribution is 7.89. The zero-order chi connectivity index (χ0) is 20.0. The van der Waals surface area contributed by atoms with E-state index in [1.54, 1.807) is 10.4 Å². The van der Waals surface area contributed by atoms with E-state index in [0.717, 1.165) is 18.4 Å². The van der Waals surface area contributed by atoms with Crippen LogP contribution in [0.25, 0.3) is 0 Å². The van der Waals surface area contributed by atoms with Gasteiger partial charge in [-0.1, -0.05) is 55.3 Å². The van der Waals surface area contributed by atoms with Crippen molar-refractivity contribution in [3.05, 3.63) is 65.7 Å². The van der Waals surface area contributed by atoms with Gasteiger partial charge in [-0.15, -0.1) is 0 Å². The maximum Gasteiger partial charge on any atom is 0.243 e. The van der Waals surface area contributed by atoms with Crippen LogP contribution in [0, 0.1) is 5.41 Å². The highest BCUT2D eigenvalue weighted by atomic mass is 32.2. The van der Waals surface area contributed by atoms with Crippen molar-refractivity contribution in [2.45, 2.75) is 48.8 Å². The molecule has 0 aromatic heterocycles. The summed E-state index contributed by atoms with van der Waals surface area (Å²) in [6.45, 7) is 2.62. The van der Waals surface area contributed by atoms with Crippen molar-refractivity contribution in [2.24, 2.45) is 5.41 Å². The lowest BCUT2D eigenvalue weighted by Crippen LogP contribution is -2.48. The Morgan fingerprint density at radius 2 is 1.69 bits per heavy atom. The van der Waals surface area contributed by atoms with Gasteiger partial charge in [0.15, 0.2) is 0 Å². The quantitative estimate of drug-likeness (QED) is 0.742. The van der Waals surface area contributed by atoms with E-state index in [1.807, 2.05) is 18.2 Å². The first-order valence-electron chi connectivity index (χ1n) is 10.7. The molecule has 4 nitrogen and oxygen atoms in total. The molecule has 5 heteroatoms. The van der Waals surface area contributed by atoms with Crippen molar-refractivity contribution in [2.75, 3.05) is 26.3 Å². The van der Waals surface area contributed by atoms with E-state index in [0.29, 0.717) is 31.2 Å². The fourth-order valence-corrected chi connectivity index (χ4v) is 7.07. The van der Waals surface area contributed by atoms with Gasteiger partial charge in [-0.05, 0) is 54.4 Å². The number of sulfonamides is 1. The molecule has 3 aliphatic rings. The normalized spacial score (nSPS) is 23.3. The summed E-state index contributed by atoms with van der Waals surface area (Å²) in [5, 5.41) is 0. The topological polar surface area (TPSA) is 46.6 Å². The molecule has 154 valence electrons. The van der Waals surface area contributed by atoms with Crippen molar-refractivity contribution in [1.82, 2.24) is 4.31 Å². The number of hydrogen-bond donors (Lipinski definition) is 0. The smallest absolute Gasteiger partial charge is 0.243 e. The van der Waals surface area contributed by atoms with Gasteiger partial charge in [0.05, 0.1) is 18.1 Å². The molecule has 0 atom stereocenters. The SMILES string of the molecule is O=S(=O)(c1cccc(C2(Cc3ccccc3)COC2)c1)N1CCC2(CCCC2)C1. The fraction of sp³-hybridized carbons (Fsp3) is 0.500. The van der Waals surface area contributed by atoms with Crippen molar-refractivity contribution < 1.29 is 13.2 Å². The molecule has 3 fully saturated rings. The van der Waals surface area contributed by atoms with Crippen LogP contribution in [0.4, 0.5) is 0 Å². The molecule has 2 saturated heterocycles. The van der Waals surface area contributed by atoms with Crippen LogP contribution >= 0.6 is 0 Å². The van der Waals surface area contributed by atoms with E-state index in [9.17, 15) is 8.42 Å². The van der Waals surface area contributed by atoms with E-state index in [-0.39, 0.29) is 10.8 Å². The Kier molecular flexibility index (Phi) is 4.80. The van der Waals surface area contributed by atoms with Crippen LogP contribution in [-0.4, -0.2) is 39.0 Å². The zero-order valence-electron chi connectivity index (χ0n) is 16.8. The van der Waals surface area contributed by atoms with E-state index in [4.69, 9.17) is 4.74 Å². The van der Waals surface area contributed by atoms with E-state index in [1.165, 1.54) is 31.2 Å². The first-order valence-corrected chi connectivity index (χ1v) is 12.2. The summed E-state index contributed by atoms with van der Waals surface area (Å²) in [6.07, 6.45) is 6.71. The monoisotopic (exact) mass is 411 g/mol. The Labute approximate surface area is 173 Å². The largest absolute Gasteiger partial charge is 0.379 e. The van der Waals surface area contributed by atoms with E-state index >= 15 is 0 Å². The van der Waals surface area contributed by atoms with Crippen molar-refractivity contribution >= 4 is 10.0 Å². The molecule has 2 aromatic carbocycles. The van der Waals surface area contributed by atoms with E-state index < -0.39 is 10.0 Å². The predicted molar refractivity (Wildman–Crippen MR) is 113 cm³/mol. The predicted octanol–water partition coefficient (Wildman–Crippen LogP) is 4.15.